The van der Waals surface area contributed by atoms with Crippen molar-refractivity contribution < 1.29 is 14.8 Å². The van der Waals surface area contributed by atoms with E-state index in [1.165, 1.54) is 17.8 Å². The first-order chi connectivity index (χ1) is 12.2. The van der Waals surface area contributed by atoms with Crippen LogP contribution < -0.4 is 10.9 Å². The molecule has 0 fully saturated rings. The second kappa shape index (κ2) is 9.59. The highest BCUT2D eigenvalue weighted by molar-refractivity contribution is 5.96. The number of hydroxylamine groups is 1. The first-order valence-corrected chi connectivity index (χ1v) is 7.46. The number of carbonyl (C=O) groups excluding carboxylic acids is 2. The molecule has 0 aromatic heterocycles. The van der Waals surface area contributed by atoms with Crippen molar-refractivity contribution >= 4 is 30.2 Å². The molecular weight excluding hydrogens is 318 g/mol. The predicted molar refractivity (Wildman–Crippen MR) is 96.8 cm³/mol. The van der Waals surface area contributed by atoms with Gasteiger partial charge < -0.3 is 0 Å². The van der Waals surface area contributed by atoms with Crippen molar-refractivity contribution in [3.05, 3.63) is 83.4 Å². The lowest BCUT2D eigenvalue weighted by molar-refractivity contribution is -0.124. The van der Waals surface area contributed by atoms with Crippen LogP contribution >= 0.6 is 0 Å². The number of amides is 2. The third-order valence-electron chi connectivity index (χ3n) is 3.10. The molecule has 0 aliphatic heterocycles. The highest BCUT2D eigenvalue weighted by atomic mass is 16.5. The fourth-order valence-electron chi connectivity index (χ4n) is 1.91. The van der Waals surface area contributed by atoms with Gasteiger partial charge in [0.1, 0.15) is 0 Å². The summed E-state index contributed by atoms with van der Waals surface area (Å²) in [4.78, 5) is 23.0. The number of hydrazone groups is 1. The van der Waals surface area contributed by atoms with Crippen molar-refractivity contribution in [2.24, 2.45) is 5.10 Å². The molecule has 0 aliphatic rings. The first kappa shape index (κ1) is 17.8. The molecule has 0 aliphatic carbocycles. The number of benzene rings is 2. The minimum absolute atomic E-state index is 0.369. The van der Waals surface area contributed by atoms with E-state index < -0.39 is 5.91 Å². The second-order valence-corrected chi connectivity index (χ2v) is 4.92. The summed E-state index contributed by atoms with van der Waals surface area (Å²) in [6, 6.07) is 16.4. The molecule has 6 nitrogen and oxygen atoms in total. The number of allylic oxidation sites excluding steroid dienone is 1. The van der Waals surface area contributed by atoms with Gasteiger partial charge in [-0.05, 0) is 35.4 Å². The molecule has 0 spiro atoms. The van der Waals surface area contributed by atoms with Crippen LogP contribution in [0.25, 0.3) is 12.2 Å². The molecule has 0 saturated carbocycles. The SMILES string of the molecule is O=C(C=Cc1cccc(C(=O)NN=CC=Cc2ccccc2)c1)NO. The van der Waals surface area contributed by atoms with Crippen molar-refractivity contribution in [2.75, 3.05) is 0 Å². The van der Waals surface area contributed by atoms with Crippen LogP contribution in [0.3, 0.4) is 0 Å². The normalized spacial score (nSPS) is 11.2. The maximum atomic E-state index is 12.0. The van der Waals surface area contributed by atoms with Gasteiger partial charge in [-0.15, -0.1) is 0 Å². The van der Waals surface area contributed by atoms with E-state index in [0.29, 0.717) is 11.1 Å². The lowest BCUT2D eigenvalue weighted by Crippen LogP contribution is -2.17. The van der Waals surface area contributed by atoms with E-state index in [4.69, 9.17) is 5.21 Å². The Balaban J connectivity index is 1.92. The van der Waals surface area contributed by atoms with Gasteiger partial charge in [-0.2, -0.15) is 5.10 Å². The number of nitrogens with one attached hydrogen (secondary N) is 2. The van der Waals surface area contributed by atoms with Crippen LogP contribution in [0, 0.1) is 0 Å². The Morgan fingerprint density at radius 2 is 1.72 bits per heavy atom. The summed E-state index contributed by atoms with van der Waals surface area (Å²) in [6.07, 6.45) is 7.72. The Kier molecular flexibility index (Phi) is 6.84. The van der Waals surface area contributed by atoms with E-state index in [-0.39, 0.29) is 5.91 Å². The highest BCUT2D eigenvalue weighted by Crippen LogP contribution is 2.07. The molecule has 3 N–H and O–H groups in total. The molecule has 2 rings (SSSR count). The Morgan fingerprint density at radius 1 is 0.960 bits per heavy atom. The topological polar surface area (TPSA) is 90.8 Å². The Labute approximate surface area is 145 Å². The zero-order valence-corrected chi connectivity index (χ0v) is 13.3. The lowest BCUT2D eigenvalue weighted by atomic mass is 10.1. The van der Waals surface area contributed by atoms with Crippen molar-refractivity contribution in [3.63, 3.8) is 0 Å². The highest BCUT2D eigenvalue weighted by Gasteiger charge is 2.03. The van der Waals surface area contributed by atoms with Crippen LogP contribution in [0.1, 0.15) is 21.5 Å². The summed E-state index contributed by atoms with van der Waals surface area (Å²) in [5.41, 5.74) is 5.99. The van der Waals surface area contributed by atoms with Crippen molar-refractivity contribution in [2.45, 2.75) is 0 Å². The van der Waals surface area contributed by atoms with E-state index >= 15 is 0 Å². The van der Waals surface area contributed by atoms with Crippen LogP contribution in [0.2, 0.25) is 0 Å². The standard InChI is InChI=1S/C19H17N3O3/c23-18(22-25)12-11-16-8-4-10-17(14-16)19(24)21-20-13-5-9-15-6-2-1-3-7-15/h1-14,25H,(H,21,24)(H,22,23). The van der Waals surface area contributed by atoms with Gasteiger partial charge >= 0.3 is 0 Å². The summed E-state index contributed by atoms with van der Waals surface area (Å²) in [5.74, 6) is -1.02. The van der Waals surface area contributed by atoms with E-state index in [1.54, 1.807) is 30.3 Å². The van der Waals surface area contributed by atoms with Crippen molar-refractivity contribution in [1.82, 2.24) is 10.9 Å². The lowest BCUT2D eigenvalue weighted by Gasteiger charge is -2.01. The number of nitrogens with zero attached hydrogens (tertiary/aromatic N) is 1. The summed E-state index contributed by atoms with van der Waals surface area (Å²) in [5, 5.41) is 12.3. The molecule has 6 heteroatoms. The predicted octanol–water partition coefficient (Wildman–Crippen LogP) is 2.63. The molecule has 0 heterocycles. The minimum atomic E-state index is -0.648. The number of carbonyl (C=O) groups is 2. The molecule has 2 aromatic carbocycles. The summed E-state index contributed by atoms with van der Waals surface area (Å²) < 4.78 is 0. The molecule has 2 amide bonds. The van der Waals surface area contributed by atoms with Crippen LogP contribution in [-0.4, -0.2) is 23.2 Å². The summed E-state index contributed by atoms with van der Waals surface area (Å²) >= 11 is 0. The molecule has 0 radical (unpaired) electrons. The Hall–Kier alpha value is -3.51. The second-order valence-electron chi connectivity index (χ2n) is 4.92. The fourth-order valence-corrected chi connectivity index (χ4v) is 1.91. The van der Waals surface area contributed by atoms with Crippen molar-refractivity contribution in [3.8, 4) is 0 Å². The molecule has 0 unspecified atom stereocenters. The zero-order chi connectivity index (χ0) is 17.9. The zero-order valence-electron chi connectivity index (χ0n) is 13.3. The van der Waals surface area contributed by atoms with Gasteiger partial charge in [0.25, 0.3) is 11.8 Å². The van der Waals surface area contributed by atoms with E-state index in [1.807, 2.05) is 36.4 Å². The van der Waals surface area contributed by atoms with E-state index in [0.717, 1.165) is 11.6 Å². The van der Waals surface area contributed by atoms with Gasteiger partial charge in [-0.25, -0.2) is 10.9 Å². The van der Waals surface area contributed by atoms with Gasteiger partial charge in [0.15, 0.2) is 0 Å². The number of hydrogen-bond acceptors (Lipinski definition) is 4. The van der Waals surface area contributed by atoms with Crippen molar-refractivity contribution in [1.29, 1.82) is 0 Å². The van der Waals surface area contributed by atoms with Crippen LogP contribution in [0.4, 0.5) is 0 Å². The minimum Gasteiger partial charge on any atom is -0.288 e. The quantitative estimate of drug-likeness (QED) is 0.328. The van der Waals surface area contributed by atoms with Crippen LogP contribution in [-0.2, 0) is 4.79 Å². The maximum Gasteiger partial charge on any atom is 0.271 e. The molecular formula is C19H17N3O3. The first-order valence-electron chi connectivity index (χ1n) is 7.46. The summed E-state index contributed by atoms with van der Waals surface area (Å²) in [7, 11) is 0. The molecule has 126 valence electrons. The van der Waals surface area contributed by atoms with E-state index in [9.17, 15) is 9.59 Å². The third kappa shape index (κ3) is 6.25. The molecule has 25 heavy (non-hydrogen) atoms. The third-order valence-corrected chi connectivity index (χ3v) is 3.10. The van der Waals surface area contributed by atoms with Gasteiger partial charge in [-0.1, -0.05) is 48.5 Å². The smallest absolute Gasteiger partial charge is 0.271 e. The molecule has 2 aromatic rings. The molecule has 0 atom stereocenters. The average molecular weight is 335 g/mol. The fraction of sp³-hybridized carbons (Fsp3) is 0. The largest absolute Gasteiger partial charge is 0.288 e. The van der Waals surface area contributed by atoms with Gasteiger partial charge in [-0.3, -0.25) is 14.8 Å². The molecule has 0 saturated heterocycles. The van der Waals surface area contributed by atoms with E-state index in [2.05, 4.69) is 10.5 Å². The monoisotopic (exact) mass is 335 g/mol. The van der Waals surface area contributed by atoms with Gasteiger partial charge in [0, 0.05) is 17.9 Å². The number of rotatable bonds is 6. The number of hydrogen-bond donors (Lipinski definition) is 3. The summed E-state index contributed by atoms with van der Waals surface area (Å²) in [6.45, 7) is 0. The van der Waals surface area contributed by atoms with Crippen LogP contribution in [0.15, 0.2) is 71.9 Å². The Morgan fingerprint density at radius 3 is 2.48 bits per heavy atom. The average Bonchev–Trinajstić information content (AvgIpc) is 2.66. The maximum absolute atomic E-state index is 12.0. The van der Waals surface area contributed by atoms with Gasteiger partial charge in [0.2, 0.25) is 0 Å². The van der Waals surface area contributed by atoms with Crippen LogP contribution in [0.5, 0.6) is 0 Å². The Bertz CT molecular complexity index is 812. The molecule has 0 bridgehead atoms. The van der Waals surface area contributed by atoms with Gasteiger partial charge in [0.05, 0.1) is 0 Å².